The molecule has 1 atom stereocenters. The van der Waals surface area contributed by atoms with Gasteiger partial charge in [-0.1, -0.05) is 15.9 Å². The molecule has 0 radical (unpaired) electrons. The van der Waals surface area contributed by atoms with Crippen molar-refractivity contribution < 1.29 is 18.3 Å². The second kappa shape index (κ2) is 3.28. The highest BCUT2D eigenvalue weighted by atomic mass is 79.9. The van der Waals surface area contributed by atoms with E-state index in [9.17, 15) is 28.6 Å². The average Bonchev–Trinajstić information content (AvgIpc) is 2.19. The zero-order valence-electron chi connectivity index (χ0n) is 6.41. The molecule has 1 heterocycles. The fourth-order valence-electron chi connectivity index (χ4n) is 1.04. The van der Waals surface area contributed by atoms with Gasteiger partial charge in [-0.15, -0.1) is 0 Å². The van der Waals surface area contributed by atoms with Crippen molar-refractivity contribution in [2.24, 2.45) is 0 Å². The van der Waals surface area contributed by atoms with Crippen LogP contribution in [0.1, 0.15) is 0 Å². The van der Waals surface area contributed by atoms with Crippen molar-refractivity contribution in [1.29, 1.82) is 0 Å². The Balaban J connectivity index is 3.49. The van der Waals surface area contributed by atoms with Gasteiger partial charge in [-0.2, -0.15) is 0 Å². The molecule has 1 aliphatic rings. The highest BCUT2D eigenvalue weighted by Gasteiger charge is 2.52. The van der Waals surface area contributed by atoms with Crippen molar-refractivity contribution in [2.75, 3.05) is 5.75 Å². The molecule has 0 saturated heterocycles. The maximum atomic E-state index is 11.1. The van der Waals surface area contributed by atoms with Crippen molar-refractivity contribution in [3.05, 3.63) is 31.0 Å². The molecule has 0 saturated carbocycles. The fourth-order valence-corrected chi connectivity index (χ4v) is 4.09. The van der Waals surface area contributed by atoms with E-state index in [1.165, 1.54) is 0 Å². The topological polar surface area (TPSA) is 120 Å². The number of sulfone groups is 1. The number of hydrogen-bond donors (Lipinski definition) is 0. The summed E-state index contributed by atoms with van der Waals surface area (Å²) in [7, 11) is -4.14. The second-order valence-corrected chi connectivity index (χ2v) is 5.51. The third-order valence-corrected chi connectivity index (χ3v) is 4.44. The summed E-state index contributed by atoms with van der Waals surface area (Å²) in [5.41, 5.74) is -0.907. The number of alkyl halides is 1. The van der Waals surface area contributed by atoms with E-state index in [-0.39, 0.29) is 0 Å². The van der Waals surface area contributed by atoms with E-state index in [4.69, 9.17) is 0 Å². The number of allylic oxidation sites excluding steroid dienone is 1. The molecular weight excluding hydrogens is 284 g/mol. The summed E-state index contributed by atoms with van der Waals surface area (Å²) < 4.78 is 22.2. The largest absolute Gasteiger partial charge is 0.432 e. The summed E-state index contributed by atoms with van der Waals surface area (Å²) in [5, 5.41) is 19.4. The van der Waals surface area contributed by atoms with E-state index in [0.717, 1.165) is 0 Å². The van der Waals surface area contributed by atoms with E-state index in [2.05, 4.69) is 15.9 Å². The van der Waals surface area contributed by atoms with Crippen LogP contribution in [0.5, 0.6) is 0 Å². The van der Waals surface area contributed by atoms with Gasteiger partial charge in [0.25, 0.3) is 9.84 Å². The monoisotopic (exact) mass is 286 g/mol. The molecule has 0 aliphatic carbocycles. The molecule has 0 spiro atoms. The predicted octanol–water partition coefficient (Wildman–Crippen LogP) is -0.0992. The standard InChI is InChI=1S/C4H3BrN2O6S/c5-2-1-14(12,13)4(7(10)11)3(2)6(8)9/h2H,1H2. The number of nitro groups is 2. The minimum atomic E-state index is -4.14. The first-order valence-electron chi connectivity index (χ1n) is 3.17. The van der Waals surface area contributed by atoms with Gasteiger partial charge in [-0.25, -0.2) is 8.42 Å². The van der Waals surface area contributed by atoms with Crippen LogP contribution >= 0.6 is 15.9 Å². The van der Waals surface area contributed by atoms with Crippen LogP contribution in [0.25, 0.3) is 0 Å². The van der Waals surface area contributed by atoms with Gasteiger partial charge < -0.3 is 0 Å². The molecule has 0 bridgehead atoms. The van der Waals surface area contributed by atoms with Gasteiger partial charge in [0.05, 0.1) is 15.6 Å². The second-order valence-electron chi connectivity index (χ2n) is 2.45. The first-order valence-corrected chi connectivity index (χ1v) is 5.74. The lowest BCUT2D eigenvalue weighted by atomic mass is 10.4. The van der Waals surface area contributed by atoms with Crippen molar-refractivity contribution in [1.82, 2.24) is 0 Å². The third kappa shape index (κ3) is 1.62. The van der Waals surface area contributed by atoms with Crippen LogP contribution in [0.3, 0.4) is 0 Å². The molecule has 0 fully saturated rings. The molecular formula is C4H3BrN2O6S. The zero-order chi connectivity index (χ0) is 11.1. The summed E-state index contributed by atoms with van der Waals surface area (Å²) >= 11 is 2.71. The Labute approximate surface area is 85.9 Å². The van der Waals surface area contributed by atoms with Crippen LogP contribution in [-0.4, -0.2) is 28.8 Å². The summed E-state index contributed by atoms with van der Waals surface area (Å²) in [6.45, 7) is 0. The minimum absolute atomic E-state index is 0.653. The molecule has 8 nitrogen and oxygen atoms in total. The number of halogens is 1. The van der Waals surface area contributed by atoms with Crippen molar-refractivity contribution in [2.45, 2.75) is 4.83 Å². The van der Waals surface area contributed by atoms with Crippen molar-refractivity contribution in [3.8, 4) is 0 Å². The molecule has 0 aromatic rings. The Morgan fingerprint density at radius 2 is 1.79 bits per heavy atom. The zero-order valence-corrected chi connectivity index (χ0v) is 8.82. The van der Waals surface area contributed by atoms with E-state index >= 15 is 0 Å². The summed E-state index contributed by atoms with van der Waals surface area (Å²) in [4.78, 5) is 17.3. The van der Waals surface area contributed by atoms with Gasteiger partial charge >= 0.3 is 10.7 Å². The molecule has 1 unspecified atom stereocenters. The van der Waals surface area contributed by atoms with Gasteiger partial charge in [0, 0.05) is 0 Å². The van der Waals surface area contributed by atoms with E-state index in [0.29, 0.717) is 0 Å². The molecule has 10 heteroatoms. The molecule has 78 valence electrons. The first-order chi connectivity index (χ1) is 6.27. The molecule has 0 aromatic carbocycles. The Bertz CT molecular complexity index is 439. The highest BCUT2D eigenvalue weighted by molar-refractivity contribution is 9.09. The maximum Gasteiger partial charge on any atom is 0.432 e. The van der Waals surface area contributed by atoms with Gasteiger partial charge in [-0.05, 0) is 0 Å². The van der Waals surface area contributed by atoms with E-state index in [1.54, 1.807) is 0 Å². The number of hydrogen-bond acceptors (Lipinski definition) is 6. The quantitative estimate of drug-likeness (QED) is 0.397. The lowest BCUT2D eigenvalue weighted by Crippen LogP contribution is -2.12. The van der Waals surface area contributed by atoms with Crippen LogP contribution in [0.2, 0.25) is 0 Å². The summed E-state index contributed by atoms with van der Waals surface area (Å²) in [6, 6.07) is 0. The maximum absolute atomic E-state index is 11.1. The number of rotatable bonds is 2. The molecule has 1 aliphatic heterocycles. The first kappa shape index (κ1) is 11.0. The van der Waals surface area contributed by atoms with Crippen LogP contribution in [0.4, 0.5) is 0 Å². The van der Waals surface area contributed by atoms with Crippen LogP contribution < -0.4 is 0 Å². The molecule has 0 N–H and O–H groups in total. The van der Waals surface area contributed by atoms with Gasteiger partial charge in [-0.3, -0.25) is 20.2 Å². The van der Waals surface area contributed by atoms with Crippen molar-refractivity contribution >= 4 is 25.8 Å². The van der Waals surface area contributed by atoms with Gasteiger partial charge in [0.15, 0.2) is 0 Å². The molecule has 14 heavy (non-hydrogen) atoms. The Morgan fingerprint density at radius 1 is 1.29 bits per heavy atom. The predicted molar refractivity (Wildman–Crippen MR) is 47.5 cm³/mol. The Morgan fingerprint density at radius 3 is 2.07 bits per heavy atom. The fraction of sp³-hybridized carbons (Fsp3) is 0.500. The summed E-state index contributed by atoms with van der Waals surface area (Å²) in [5.74, 6) is -0.653. The average molecular weight is 287 g/mol. The van der Waals surface area contributed by atoms with E-state index in [1.807, 2.05) is 0 Å². The van der Waals surface area contributed by atoms with Crippen molar-refractivity contribution in [3.63, 3.8) is 0 Å². The normalized spacial score (nSPS) is 25.1. The SMILES string of the molecule is O=[N+]([O-])C1=C([N+](=O)[O-])S(=O)(=O)CC1Br. The minimum Gasteiger partial charge on any atom is -0.258 e. The Hall–Kier alpha value is -1.03. The van der Waals surface area contributed by atoms with E-state index < -0.39 is 41.0 Å². The summed E-state index contributed by atoms with van der Waals surface area (Å²) in [6.07, 6.45) is 0. The van der Waals surface area contributed by atoms with Gasteiger partial charge in [0.1, 0.15) is 4.83 Å². The Kier molecular flexibility index (Phi) is 2.58. The van der Waals surface area contributed by atoms with Gasteiger partial charge in [0.2, 0.25) is 0 Å². The highest BCUT2D eigenvalue weighted by Crippen LogP contribution is 2.31. The molecule has 0 aromatic heterocycles. The molecule has 1 rings (SSSR count). The number of nitrogens with zero attached hydrogens (tertiary/aromatic N) is 2. The third-order valence-electron chi connectivity index (χ3n) is 1.54. The lowest BCUT2D eigenvalue weighted by Gasteiger charge is -1.92. The van der Waals surface area contributed by atoms with Crippen LogP contribution in [0.15, 0.2) is 10.7 Å². The lowest BCUT2D eigenvalue weighted by molar-refractivity contribution is -0.462. The van der Waals surface area contributed by atoms with Crippen LogP contribution in [0, 0.1) is 20.2 Å². The molecule has 0 amide bonds. The van der Waals surface area contributed by atoms with Crippen LogP contribution in [-0.2, 0) is 9.84 Å². The smallest absolute Gasteiger partial charge is 0.258 e.